The van der Waals surface area contributed by atoms with Gasteiger partial charge < -0.3 is 34.1 Å². The van der Waals surface area contributed by atoms with Gasteiger partial charge in [0.25, 0.3) is 0 Å². The maximum Gasteiger partial charge on any atom is 0.352 e. The van der Waals surface area contributed by atoms with Gasteiger partial charge in [0, 0.05) is 18.0 Å². The minimum Gasteiger partial charge on any atom is -0.493 e. The van der Waals surface area contributed by atoms with E-state index in [0.717, 1.165) is 17.7 Å². The van der Waals surface area contributed by atoms with Gasteiger partial charge in [0.15, 0.2) is 29.8 Å². The van der Waals surface area contributed by atoms with Crippen molar-refractivity contribution in [1.29, 1.82) is 0 Å². The van der Waals surface area contributed by atoms with Crippen molar-refractivity contribution >= 4 is 11.9 Å². The van der Waals surface area contributed by atoms with Gasteiger partial charge in [-0.3, -0.25) is 0 Å². The molecule has 2 N–H and O–H groups in total. The predicted molar refractivity (Wildman–Crippen MR) is 135 cm³/mol. The summed E-state index contributed by atoms with van der Waals surface area (Å²) in [5.74, 6) is -0.323. The van der Waals surface area contributed by atoms with Crippen molar-refractivity contribution in [2.45, 2.75) is 61.6 Å². The van der Waals surface area contributed by atoms with Crippen LogP contribution in [0.3, 0.4) is 0 Å². The van der Waals surface area contributed by atoms with E-state index in [2.05, 4.69) is 4.90 Å². The minimum atomic E-state index is -1.52. The average molecular weight is 522 g/mol. The van der Waals surface area contributed by atoms with Crippen LogP contribution in [0.2, 0.25) is 0 Å². The Morgan fingerprint density at radius 3 is 2.66 bits per heavy atom. The van der Waals surface area contributed by atoms with E-state index in [1.165, 1.54) is 6.92 Å². The third-order valence-electron chi connectivity index (χ3n) is 8.74. The van der Waals surface area contributed by atoms with Crippen molar-refractivity contribution in [3.63, 3.8) is 0 Å². The molecule has 0 aromatic heterocycles. The van der Waals surface area contributed by atoms with Crippen LogP contribution in [-0.2, 0) is 30.9 Å². The lowest BCUT2D eigenvalue weighted by atomic mass is 9.50. The molecule has 200 valence electrons. The number of benzene rings is 2. The number of hydrogen-bond acceptors (Lipinski definition) is 9. The summed E-state index contributed by atoms with van der Waals surface area (Å²) in [5, 5.41) is 22.6. The summed E-state index contributed by atoms with van der Waals surface area (Å²) in [7, 11) is 3.60. The van der Waals surface area contributed by atoms with E-state index in [9.17, 15) is 19.8 Å². The summed E-state index contributed by atoms with van der Waals surface area (Å²) in [6.45, 7) is 2.14. The molecule has 38 heavy (non-hydrogen) atoms. The molecule has 0 amide bonds. The van der Waals surface area contributed by atoms with Crippen LogP contribution < -0.4 is 9.47 Å². The Labute approximate surface area is 220 Å². The molecule has 9 heteroatoms. The van der Waals surface area contributed by atoms with Gasteiger partial charge in [0.05, 0.1) is 18.1 Å². The molecule has 9 nitrogen and oxygen atoms in total. The van der Waals surface area contributed by atoms with Gasteiger partial charge in [-0.1, -0.05) is 36.4 Å². The number of carbonyl (C=O) groups excluding carboxylic acids is 2. The predicted octanol–water partition coefficient (Wildman–Crippen LogP) is 2.18. The number of piperidine rings is 1. The van der Waals surface area contributed by atoms with Gasteiger partial charge in [0.1, 0.15) is 5.76 Å². The second-order valence-corrected chi connectivity index (χ2v) is 10.6. The maximum absolute atomic E-state index is 13.1. The first-order valence-electron chi connectivity index (χ1n) is 12.9. The Morgan fingerprint density at radius 2 is 1.92 bits per heavy atom. The van der Waals surface area contributed by atoms with E-state index >= 15 is 0 Å². The van der Waals surface area contributed by atoms with Crippen molar-refractivity contribution in [2.75, 3.05) is 20.7 Å². The van der Waals surface area contributed by atoms with Crippen LogP contribution >= 0.6 is 0 Å². The number of likely N-dealkylation sites (N-methyl/N-ethyl adjacent to an activating group) is 1. The quantitative estimate of drug-likeness (QED) is 0.552. The lowest BCUT2D eigenvalue weighted by Crippen LogP contribution is -2.74. The number of ether oxygens (including phenoxy) is 4. The topological polar surface area (TPSA) is 115 Å². The van der Waals surface area contributed by atoms with E-state index in [-0.39, 0.29) is 18.2 Å². The van der Waals surface area contributed by atoms with Crippen LogP contribution in [0.25, 0.3) is 0 Å². The normalized spacial score (nSPS) is 30.3. The zero-order valence-corrected chi connectivity index (χ0v) is 21.5. The van der Waals surface area contributed by atoms with Crippen LogP contribution in [0.1, 0.15) is 42.6 Å². The molecule has 2 heterocycles. The minimum absolute atomic E-state index is 0.123. The van der Waals surface area contributed by atoms with Gasteiger partial charge in [-0.05, 0) is 56.6 Å². The summed E-state index contributed by atoms with van der Waals surface area (Å²) in [6, 6.07) is 12.1. The summed E-state index contributed by atoms with van der Waals surface area (Å²) in [5.41, 5.74) is 0.455. The molecule has 2 aromatic rings. The zero-order valence-electron chi connectivity index (χ0n) is 21.5. The number of esters is 2. The van der Waals surface area contributed by atoms with Crippen molar-refractivity contribution in [1.82, 2.24) is 4.90 Å². The molecule has 0 saturated carbocycles. The molecule has 1 saturated heterocycles. The number of carbonyl (C=O) groups is 2. The third-order valence-corrected chi connectivity index (χ3v) is 8.74. The van der Waals surface area contributed by atoms with Crippen LogP contribution in [0.15, 0.2) is 54.3 Å². The molecule has 0 radical (unpaired) electrons. The van der Waals surface area contributed by atoms with Crippen LogP contribution in [-0.4, -0.2) is 71.6 Å². The first kappa shape index (κ1) is 24.9. The summed E-state index contributed by atoms with van der Waals surface area (Å²) >= 11 is 0. The molecule has 1 fully saturated rings. The zero-order chi connectivity index (χ0) is 26.8. The first-order valence-corrected chi connectivity index (χ1v) is 12.9. The molecule has 2 aliphatic carbocycles. The Kier molecular flexibility index (Phi) is 5.79. The maximum atomic E-state index is 13.1. The number of methoxy groups -OCH3 is 1. The number of nitrogens with zero attached hydrogens (tertiary/aromatic N) is 1. The average Bonchev–Trinajstić information content (AvgIpc) is 3.28. The highest BCUT2D eigenvalue weighted by Crippen LogP contribution is 2.65. The number of rotatable bonds is 6. The van der Waals surface area contributed by atoms with Crippen LogP contribution in [0.5, 0.6) is 11.5 Å². The van der Waals surface area contributed by atoms with Crippen LogP contribution in [0.4, 0.5) is 0 Å². The second kappa shape index (κ2) is 8.83. The Morgan fingerprint density at radius 1 is 1.16 bits per heavy atom. The largest absolute Gasteiger partial charge is 0.493 e. The van der Waals surface area contributed by atoms with Crippen molar-refractivity contribution in [3.8, 4) is 11.5 Å². The Balaban J connectivity index is 1.28. The van der Waals surface area contributed by atoms with Gasteiger partial charge in [-0.25, -0.2) is 9.59 Å². The molecule has 6 rings (SSSR count). The van der Waals surface area contributed by atoms with E-state index in [4.69, 9.17) is 18.9 Å². The Bertz CT molecular complexity index is 1330. The SMILES string of the molecule is COc1ccc2c3c1O[C@@H]1C(OC(=O)[C@H](C)OC(=O)[C@@H](O)c4ccccc4)=CC[C@]4(O)[C@H](C2)N(C)CC[C@@]314. The summed E-state index contributed by atoms with van der Waals surface area (Å²) in [6.07, 6.45) is -0.264. The molecule has 2 aliphatic heterocycles. The highest BCUT2D eigenvalue weighted by molar-refractivity contribution is 5.82. The van der Waals surface area contributed by atoms with E-state index in [1.807, 2.05) is 19.2 Å². The van der Waals surface area contributed by atoms with Gasteiger partial charge in [-0.15, -0.1) is 0 Å². The van der Waals surface area contributed by atoms with E-state index in [1.54, 1.807) is 43.5 Å². The molecule has 1 spiro atoms. The standard InChI is InChI=1S/C29H31NO8/c1-16(36-27(33)23(31)17-7-5-4-6-8-17)26(32)37-20-11-12-29(34)21-15-18-9-10-19(35-3)24-22(18)28(29,25(20)38-24)13-14-30(21)2/h4-11,16,21,23,25,31,34H,12-15H2,1-3H3/t16-,21-,23-,25+,28+,29-/m0/s1. The molecule has 2 bridgehead atoms. The summed E-state index contributed by atoms with van der Waals surface area (Å²) in [4.78, 5) is 27.8. The fourth-order valence-corrected chi connectivity index (χ4v) is 6.85. The van der Waals surface area contributed by atoms with Crippen molar-refractivity contribution in [2.24, 2.45) is 0 Å². The molecule has 2 aromatic carbocycles. The fourth-order valence-electron chi connectivity index (χ4n) is 6.85. The van der Waals surface area contributed by atoms with E-state index < -0.39 is 41.3 Å². The smallest absolute Gasteiger partial charge is 0.352 e. The monoisotopic (exact) mass is 521 g/mol. The highest BCUT2D eigenvalue weighted by atomic mass is 16.6. The number of aliphatic hydroxyl groups excluding tert-OH is 1. The van der Waals surface area contributed by atoms with E-state index in [0.29, 0.717) is 29.9 Å². The van der Waals surface area contributed by atoms with Gasteiger partial charge >= 0.3 is 11.9 Å². The van der Waals surface area contributed by atoms with Crippen molar-refractivity contribution in [3.05, 3.63) is 71.0 Å². The molecular weight excluding hydrogens is 490 g/mol. The highest BCUT2D eigenvalue weighted by Gasteiger charge is 2.72. The number of hydrogen-bond donors (Lipinski definition) is 2. The van der Waals surface area contributed by atoms with Gasteiger partial charge in [-0.2, -0.15) is 0 Å². The lowest BCUT2D eigenvalue weighted by molar-refractivity contribution is -0.178. The van der Waals surface area contributed by atoms with Gasteiger partial charge in [0.2, 0.25) is 0 Å². The Hall–Kier alpha value is -3.40. The van der Waals surface area contributed by atoms with Crippen molar-refractivity contribution < 1.29 is 38.7 Å². The fraction of sp³-hybridized carbons (Fsp3) is 0.448. The first-order chi connectivity index (χ1) is 18.2. The van der Waals surface area contributed by atoms with Crippen LogP contribution in [0, 0.1) is 0 Å². The molecule has 0 unspecified atom stereocenters. The lowest BCUT2D eigenvalue weighted by Gasteiger charge is -2.61. The number of likely N-dealkylation sites (tertiary alicyclic amines) is 1. The third kappa shape index (κ3) is 3.35. The molecule has 4 aliphatic rings. The number of aliphatic hydroxyl groups is 2. The second-order valence-electron chi connectivity index (χ2n) is 10.6. The molecular formula is C29H31NO8. The molecule has 6 atom stereocenters. The summed E-state index contributed by atoms with van der Waals surface area (Å²) < 4.78 is 23.1.